The number of benzene rings is 1. The van der Waals surface area contributed by atoms with Crippen molar-refractivity contribution >= 4 is 34.7 Å². The maximum Gasteiger partial charge on any atom is 0.292 e. The first-order chi connectivity index (χ1) is 18.3. The van der Waals surface area contributed by atoms with Crippen molar-refractivity contribution in [1.82, 2.24) is 19.5 Å². The fourth-order valence-corrected chi connectivity index (χ4v) is 4.77. The Labute approximate surface area is 223 Å². The number of nitrogens with one attached hydrogen (secondary N) is 1. The number of hydrogen-bond acceptors (Lipinski definition) is 9. The number of carbonyl (C=O) groups excluding carboxylic acids is 1. The molecule has 13 heteroatoms. The Kier molecular flexibility index (Phi) is 7.09. The number of anilines is 1. The van der Waals surface area contributed by atoms with Crippen LogP contribution in [0, 0.1) is 5.82 Å². The molecule has 10 nitrogen and oxygen atoms in total. The van der Waals surface area contributed by atoms with Crippen LogP contribution < -0.4 is 10.9 Å². The lowest BCUT2D eigenvalue weighted by Crippen LogP contribution is -2.20. The number of thiophene rings is 1. The van der Waals surface area contributed by atoms with Gasteiger partial charge in [-0.2, -0.15) is 9.78 Å². The molecule has 38 heavy (non-hydrogen) atoms. The molecule has 1 aromatic carbocycles. The van der Waals surface area contributed by atoms with Gasteiger partial charge in [-0.05, 0) is 35.9 Å². The molecule has 0 atom stereocenters. The Balaban J connectivity index is 1.58. The first kappa shape index (κ1) is 25.4. The van der Waals surface area contributed by atoms with Crippen LogP contribution in [0.3, 0.4) is 0 Å². The lowest BCUT2D eigenvalue weighted by atomic mass is 10.1. The van der Waals surface area contributed by atoms with Crippen LogP contribution in [-0.4, -0.2) is 35.6 Å². The summed E-state index contributed by atoms with van der Waals surface area (Å²) >= 11 is 7.30. The van der Waals surface area contributed by atoms with Crippen LogP contribution in [0.5, 0.6) is 5.75 Å². The van der Waals surface area contributed by atoms with Crippen LogP contribution in [0.1, 0.15) is 26.4 Å². The molecule has 4 aromatic heterocycles. The van der Waals surface area contributed by atoms with Gasteiger partial charge >= 0.3 is 0 Å². The van der Waals surface area contributed by atoms with Crippen LogP contribution in [0.25, 0.3) is 11.3 Å². The van der Waals surface area contributed by atoms with Crippen LogP contribution in [0.4, 0.5) is 10.2 Å². The minimum Gasteiger partial charge on any atom is -0.503 e. The van der Waals surface area contributed by atoms with Crippen molar-refractivity contribution in [3.05, 3.63) is 103 Å². The minimum atomic E-state index is -0.859. The van der Waals surface area contributed by atoms with Gasteiger partial charge in [-0.25, -0.2) is 4.39 Å². The third-order valence-electron chi connectivity index (χ3n) is 5.64. The highest BCUT2D eigenvalue weighted by Gasteiger charge is 2.25. The highest BCUT2D eigenvalue weighted by Crippen LogP contribution is 2.30. The molecule has 5 aromatic rings. The van der Waals surface area contributed by atoms with E-state index in [1.165, 1.54) is 42.1 Å². The average Bonchev–Trinajstić information content (AvgIpc) is 3.66. The van der Waals surface area contributed by atoms with Crippen molar-refractivity contribution in [3.63, 3.8) is 0 Å². The van der Waals surface area contributed by atoms with E-state index in [1.807, 2.05) is 0 Å². The van der Waals surface area contributed by atoms with Crippen LogP contribution >= 0.6 is 22.9 Å². The molecule has 0 unspecified atom stereocenters. The Morgan fingerprint density at radius 2 is 1.97 bits per heavy atom. The SMILES string of the molecule is O=C(c1ccc(CO)cc1)n1nc(-c2cc(O)c(=O)n(Cc3cnoc3)c2)c(F)c1NCc1ccc(Cl)s1. The molecule has 0 bridgehead atoms. The normalized spacial score (nSPS) is 11.1. The van der Waals surface area contributed by atoms with Gasteiger partial charge in [-0.1, -0.05) is 28.9 Å². The van der Waals surface area contributed by atoms with Crippen molar-refractivity contribution in [2.45, 2.75) is 19.7 Å². The largest absolute Gasteiger partial charge is 0.503 e. The highest BCUT2D eigenvalue weighted by molar-refractivity contribution is 7.16. The number of nitrogens with zero attached hydrogens (tertiary/aromatic N) is 4. The molecule has 0 aliphatic carbocycles. The summed E-state index contributed by atoms with van der Waals surface area (Å²) in [6, 6.07) is 10.7. The van der Waals surface area contributed by atoms with E-state index >= 15 is 4.39 Å². The maximum atomic E-state index is 15.9. The Morgan fingerprint density at radius 3 is 2.63 bits per heavy atom. The summed E-state index contributed by atoms with van der Waals surface area (Å²) in [6.07, 6.45) is 4.07. The molecule has 5 rings (SSSR count). The number of aliphatic hydroxyl groups excluding tert-OH is 1. The molecule has 0 aliphatic heterocycles. The smallest absolute Gasteiger partial charge is 0.292 e. The van der Waals surface area contributed by atoms with E-state index in [4.69, 9.17) is 16.1 Å². The second-order valence-electron chi connectivity index (χ2n) is 8.22. The first-order valence-corrected chi connectivity index (χ1v) is 12.4. The standard InChI is InChI=1S/C25H19ClFN5O5S/c26-20-6-5-18(38-20)9-28-23-21(27)22(30-32(23)24(35)16-3-1-14(12-33)2-4-16)17-7-19(34)25(36)31(11-17)10-15-8-29-37-13-15/h1-8,11,13,28,33-34H,9-10,12H2. The molecule has 0 aliphatic rings. The van der Waals surface area contributed by atoms with E-state index in [0.29, 0.717) is 15.5 Å². The van der Waals surface area contributed by atoms with Gasteiger partial charge in [-0.3, -0.25) is 9.59 Å². The van der Waals surface area contributed by atoms with E-state index in [1.54, 1.807) is 24.3 Å². The summed E-state index contributed by atoms with van der Waals surface area (Å²) in [6.45, 7) is -0.0276. The fourth-order valence-electron chi connectivity index (χ4n) is 3.74. The highest BCUT2D eigenvalue weighted by atomic mass is 35.5. The molecule has 194 valence electrons. The van der Waals surface area contributed by atoms with E-state index in [0.717, 1.165) is 20.2 Å². The molecule has 0 fully saturated rings. The Morgan fingerprint density at radius 1 is 1.18 bits per heavy atom. The van der Waals surface area contributed by atoms with Gasteiger partial charge in [0.15, 0.2) is 17.4 Å². The fraction of sp³-hybridized carbons (Fsp3) is 0.120. The summed E-state index contributed by atoms with van der Waals surface area (Å²) in [7, 11) is 0. The first-order valence-electron chi connectivity index (χ1n) is 11.2. The predicted molar refractivity (Wildman–Crippen MR) is 138 cm³/mol. The molecule has 0 saturated heterocycles. The maximum absolute atomic E-state index is 15.9. The number of hydrogen-bond donors (Lipinski definition) is 3. The van der Waals surface area contributed by atoms with Gasteiger partial charge in [-0.15, -0.1) is 11.3 Å². The molecular formula is C25H19ClFN5O5S. The summed E-state index contributed by atoms with van der Waals surface area (Å²) in [5.41, 5.74) is 0.467. The lowest BCUT2D eigenvalue weighted by molar-refractivity contribution is 0.0947. The van der Waals surface area contributed by atoms with Crippen molar-refractivity contribution in [3.8, 4) is 17.0 Å². The van der Waals surface area contributed by atoms with Crippen molar-refractivity contribution in [1.29, 1.82) is 0 Å². The van der Waals surface area contributed by atoms with Gasteiger partial charge in [0.1, 0.15) is 12.0 Å². The van der Waals surface area contributed by atoms with Gasteiger partial charge in [0.2, 0.25) is 0 Å². The van der Waals surface area contributed by atoms with Gasteiger partial charge < -0.3 is 24.6 Å². The zero-order valence-corrected chi connectivity index (χ0v) is 21.0. The molecule has 0 amide bonds. The number of rotatable bonds is 8. The monoisotopic (exact) mass is 555 g/mol. The Hall–Kier alpha value is -4.26. The molecule has 0 saturated carbocycles. The number of halogens is 2. The number of carbonyl (C=O) groups is 1. The number of aliphatic hydroxyl groups is 1. The lowest BCUT2D eigenvalue weighted by Gasteiger charge is -2.08. The second-order valence-corrected chi connectivity index (χ2v) is 10.0. The summed E-state index contributed by atoms with van der Waals surface area (Å²) in [4.78, 5) is 26.7. The van der Waals surface area contributed by atoms with Gasteiger partial charge in [0.05, 0.1) is 30.2 Å². The minimum absolute atomic E-state index is 0.00639. The molecule has 0 radical (unpaired) electrons. The third kappa shape index (κ3) is 5.09. The number of pyridine rings is 1. The van der Waals surface area contributed by atoms with Crippen molar-refractivity contribution in [2.75, 3.05) is 5.32 Å². The van der Waals surface area contributed by atoms with Gasteiger partial charge in [0.25, 0.3) is 11.5 Å². The van der Waals surface area contributed by atoms with Crippen molar-refractivity contribution in [2.24, 2.45) is 0 Å². The molecule has 0 spiro atoms. The molecule has 4 heterocycles. The van der Waals surface area contributed by atoms with E-state index in [2.05, 4.69) is 15.6 Å². The van der Waals surface area contributed by atoms with Crippen LogP contribution in [-0.2, 0) is 19.7 Å². The zero-order chi connectivity index (χ0) is 26.8. The topological polar surface area (TPSA) is 135 Å². The molecule has 3 N–H and O–H groups in total. The second kappa shape index (κ2) is 10.6. The van der Waals surface area contributed by atoms with Crippen LogP contribution in [0.2, 0.25) is 4.34 Å². The van der Waals surface area contributed by atoms with E-state index in [-0.39, 0.29) is 42.3 Å². The quantitative estimate of drug-likeness (QED) is 0.260. The predicted octanol–water partition coefficient (Wildman–Crippen LogP) is 4.10. The Bertz CT molecular complexity index is 1660. The average molecular weight is 556 g/mol. The number of aromatic hydroxyl groups is 1. The van der Waals surface area contributed by atoms with Gasteiger partial charge in [0, 0.05) is 27.8 Å². The summed E-state index contributed by atoms with van der Waals surface area (Å²) < 4.78 is 23.3. The summed E-state index contributed by atoms with van der Waals surface area (Å²) in [5.74, 6) is -2.32. The number of aromatic nitrogens is 4. The zero-order valence-electron chi connectivity index (χ0n) is 19.5. The third-order valence-corrected chi connectivity index (χ3v) is 6.87. The van der Waals surface area contributed by atoms with E-state index < -0.39 is 23.0 Å². The van der Waals surface area contributed by atoms with E-state index in [9.17, 15) is 19.8 Å². The molecular weight excluding hydrogens is 537 g/mol. The van der Waals surface area contributed by atoms with Crippen LogP contribution in [0.15, 0.2) is 70.4 Å². The van der Waals surface area contributed by atoms with Crippen molar-refractivity contribution < 1.29 is 23.9 Å². The summed E-state index contributed by atoms with van der Waals surface area (Å²) in [5, 5.41) is 30.3.